The Labute approximate surface area is 215 Å². The summed E-state index contributed by atoms with van der Waals surface area (Å²) in [6.45, 7) is 1.03. The molecule has 1 aromatic heterocycles. The molecule has 1 fully saturated rings. The number of carbonyl (C=O) groups is 1. The lowest BCUT2D eigenvalue weighted by molar-refractivity contribution is 0.0964. The molecule has 2 aromatic carbocycles. The quantitative estimate of drug-likeness (QED) is 0.440. The standard InChI is InChI=1S/C25H27ClN6O3S/c1-27-24(33)19-5-3-4-6-22(19)30-23-21(26)12-28-25(31-23)29-17-9-10-18-15-7-8-16(20(18)11-17)14-32(13-15)36(2,34)35/h3-6,9-12,15-16H,7-8,13-14H2,1-2H3,(H,27,33)(H2,28,29,30,31). The first-order valence-electron chi connectivity index (χ1n) is 11.7. The van der Waals surface area contributed by atoms with Crippen LogP contribution in [0.25, 0.3) is 0 Å². The van der Waals surface area contributed by atoms with E-state index in [2.05, 4.69) is 38.1 Å². The van der Waals surface area contributed by atoms with Gasteiger partial charge in [-0.15, -0.1) is 0 Å². The first-order chi connectivity index (χ1) is 17.2. The van der Waals surface area contributed by atoms with Crippen molar-refractivity contribution in [3.63, 3.8) is 0 Å². The molecule has 3 N–H and O–H groups in total. The van der Waals surface area contributed by atoms with Crippen LogP contribution >= 0.6 is 11.6 Å². The summed E-state index contributed by atoms with van der Waals surface area (Å²) in [5, 5.41) is 9.32. The fourth-order valence-electron chi connectivity index (χ4n) is 5.00. The van der Waals surface area contributed by atoms with Gasteiger partial charge in [-0.1, -0.05) is 29.8 Å². The summed E-state index contributed by atoms with van der Waals surface area (Å²) in [5.41, 5.74) is 4.24. The van der Waals surface area contributed by atoms with E-state index in [4.69, 9.17) is 11.6 Å². The highest BCUT2D eigenvalue weighted by Gasteiger charge is 2.37. The second-order valence-corrected chi connectivity index (χ2v) is 11.5. The molecule has 0 radical (unpaired) electrons. The van der Waals surface area contributed by atoms with Crippen molar-refractivity contribution in [3.05, 3.63) is 70.4 Å². The highest BCUT2D eigenvalue weighted by atomic mass is 35.5. The molecule has 36 heavy (non-hydrogen) atoms. The van der Waals surface area contributed by atoms with Gasteiger partial charge in [0.2, 0.25) is 16.0 Å². The summed E-state index contributed by atoms with van der Waals surface area (Å²) in [6.07, 6.45) is 4.73. The number of aromatic nitrogens is 2. The van der Waals surface area contributed by atoms with E-state index in [1.807, 2.05) is 12.1 Å². The summed E-state index contributed by atoms with van der Waals surface area (Å²) in [7, 11) is -1.67. The van der Waals surface area contributed by atoms with Gasteiger partial charge < -0.3 is 16.0 Å². The van der Waals surface area contributed by atoms with Crippen LogP contribution < -0.4 is 16.0 Å². The zero-order valence-electron chi connectivity index (χ0n) is 20.0. The van der Waals surface area contributed by atoms with Gasteiger partial charge >= 0.3 is 0 Å². The molecule has 6 rings (SSSR count). The van der Waals surface area contributed by atoms with Crippen molar-refractivity contribution in [1.82, 2.24) is 19.6 Å². The first kappa shape index (κ1) is 24.5. The predicted molar refractivity (Wildman–Crippen MR) is 141 cm³/mol. The molecule has 2 atom stereocenters. The number of sulfonamides is 1. The minimum Gasteiger partial charge on any atom is -0.355 e. The van der Waals surface area contributed by atoms with Gasteiger partial charge in [0.25, 0.3) is 5.91 Å². The number of hydrogen-bond donors (Lipinski definition) is 3. The van der Waals surface area contributed by atoms with Crippen LogP contribution in [0.1, 0.15) is 46.2 Å². The fourth-order valence-corrected chi connectivity index (χ4v) is 6.04. The van der Waals surface area contributed by atoms with Gasteiger partial charge in [-0.3, -0.25) is 4.79 Å². The second-order valence-electron chi connectivity index (χ2n) is 9.16. The maximum absolute atomic E-state index is 12.2. The molecule has 1 saturated heterocycles. The smallest absolute Gasteiger partial charge is 0.253 e. The van der Waals surface area contributed by atoms with Crippen LogP contribution in [-0.2, 0) is 10.0 Å². The Hall–Kier alpha value is -3.21. The Kier molecular flexibility index (Phi) is 6.59. The third-order valence-electron chi connectivity index (χ3n) is 6.80. The minimum atomic E-state index is -3.24. The number of amides is 1. The third kappa shape index (κ3) is 4.88. The molecule has 3 heterocycles. The van der Waals surface area contributed by atoms with Crippen molar-refractivity contribution in [2.75, 3.05) is 37.0 Å². The molecule has 3 aromatic rings. The largest absolute Gasteiger partial charge is 0.355 e. The van der Waals surface area contributed by atoms with Crippen molar-refractivity contribution in [2.45, 2.75) is 24.7 Å². The molecule has 0 spiro atoms. The van der Waals surface area contributed by atoms with Gasteiger partial charge in [-0.2, -0.15) is 4.98 Å². The molecular weight excluding hydrogens is 500 g/mol. The second kappa shape index (κ2) is 9.68. The van der Waals surface area contributed by atoms with Crippen LogP contribution in [0, 0.1) is 0 Å². The van der Waals surface area contributed by atoms with Crippen molar-refractivity contribution < 1.29 is 13.2 Å². The summed E-state index contributed by atoms with van der Waals surface area (Å²) < 4.78 is 26.1. The van der Waals surface area contributed by atoms with E-state index in [0.29, 0.717) is 41.1 Å². The number of rotatable bonds is 6. The maximum atomic E-state index is 12.2. The Morgan fingerprint density at radius 2 is 1.78 bits per heavy atom. The van der Waals surface area contributed by atoms with Crippen LogP contribution in [0.3, 0.4) is 0 Å². The normalized spacial score (nSPS) is 19.3. The topological polar surface area (TPSA) is 116 Å². The SMILES string of the molecule is CNC(=O)c1ccccc1Nc1nc(Nc2ccc3c(c2)C2CCC3CN(S(C)(=O)=O)C2)ncc1Cl. The first-order valence-corrected chi connectivity index (χ1v) is 13.9. The van der Waals surface area contributed by atoms with Crippen LogP contribution in [-0.4, -0.2) is 55.0 Å². The van der Waals surface area contributed by atoms with Crippen LogP contribution in [0.4, 0.5) is 23.1 Å². The van der Waals surface area contributed by atoms with Gasteiger partial charge in [0.15, 0.2) is 5.82 Å². The number of nitrogens with zero attached hydrogens (tertiary/aromatic N) is 3. The summed E-state index contributed by atoms with van der Waals surface area (Å²) >= 11 is 6.35. The Bertz CT molecular complexity index is 1430. The molecular formula is C25H27ClN6O3S. The zero-order valence-corrected chi connectivity index (χ0v) is 21.5. The summed E-state index contributed by atoms with van der Waals surface area (Å²) in [6, 6.07) is 13.2. The number of benzene rings is 2. The molecule has 2 bridgehead atoms. The molecule has 9 nitrogen and oxygen atoms in total. The highest BCUT2D eigenvalue weighted by Crippen LogP contribution is 2.44. The van der Waals surface area contributed by atoms with E-state index in [1.54, 1.807) is 29.6 Å². The summed E-state index contributed by atoms with van der Waals surface area (Å²) in [4.78, 5) is 21.1. The molecule has 1 aliphatic carbocycles. The molecule has 0 saturated carbocycles. The molecule has 2 aliphatic heterocycles. The molecule has 188 valence electrons. The van der Waals surface area contributed by atoms with Gasteiger partial charge in [-0.25, -0.2) is 17.7 Å². The lowest BCUT2D eigenvalue weighted by atomic mass is 9.78. The highest BCUT2D eigenvalue weighted by molar-refractivity contribution is 7.88. The summed E-state index contributed by atoms with van der Waals surface area (Å²) in [5.74, 6) is 0.833. The van der Waals surface area contributed by atoms with Crippen LogP contribution in [0.15, 0.2) is 48.7 Å². The van der Waals surface area contributed by atoms with Crippen LogP contribution in [0.5, 0.6) is 0 Å². The van der Waals surface area contributed by atoms with E-state index < -0.39 is 10.0 Å². The van der Waals surface area contributed by atoms with Crippen molar-refractivity contribution >= 4 is 50.7 Å². The average molecular weight is 527 g/mol. The predicted octanol–water partition coefficient (Wildman–Crippen LogP) is 4.21. The van der Waals surface area contributed by atoms with Gasteiger partial charge in [0.05, 0.1) is 23.7 Å². The lowest BCUT2D eigenvalue weighted by Gasteiger charge is -2.27. The Morgan fingerprint density at radius 1 is 1.06 bits per heavy atom. The molecule has 3 aliphatic rings. The molecule has 1 amide bonds. The van der Waals surface area contributed by atoms with Gasteiger partial charge in [0, 0.05) is 25.8 Å². The van der Waals surface area contributed by atoms with Gasteiger partial charge in [0.1, 0.15) is 5.02 Å². The van der Waals surface area contributed by atoms with Gasteiger partial charge in [-0.05, 0) is 60.1 Å². The zero-order chi connectivity index (χ0) is 25.4. The maximum Gasteiger partial charge on any atom is 0.253 e. The Morgan fingerprint density at radius 3 is 2.50 bits per heavy atom. The van der Waals surface area contributed by atoms with Crippen molar-refractivity contribution in [2.24, 2.45) is 0 Å². The molecule has 2 unspecified atom stereocenters. The monoisotopic (exact) mass is 526 g/mol. The van der Waals surface area contributed by atoms with Crippen molar-refractivity contribution in [3.8, 4) is 0 Å². The molecule has 11 heteroatoms. The van der Waals surface area contributed by atoms with E-state index in [-0.39, 0.29) is 17.7 Å². The number of halogens is 1. The third-order valence-corrected chi connectivity index (χ3v) is 8.31. The number of para-hydroxylation sites is 1. The number of fused-ring (bicyclic) bond motifs is 3. The minimum absolute atomic E-state index is 0.153. The average Bonchev–Trinajstić information content (AvgIpc) is 3.18. The number of anilines is 4. The fraction of sp³-hybridized carbons (Fsp3) is 0.320. The number of hydrogen-bond acceptors (Lipinski definition) is 7. The lowest BCUT2D eigenvalue weighted by Crippen LogP contribution is -2.33. The van der Waals surface area contributed by atoms with E-state index in [9.17, 15) is 13.2 Å². The van der Waals surface area contributed by atoms with E-state index in [1.165, 1.54) is 23.6 Å². The Balaban J connectivity index is 1.40. The van der Waals surface area contributed by atoms with E-state index >= 15 is 0 Å². The van der Waals surface area contributed by atoms with E-state index in [0.717, 1.165) is 18.5 Å². The number of carbonyl (C=O) groups excluding carboxylic acids is 1. The van der Waals surface area contributed by atoms with Crippen LogP contribution in [0.2, 0.25) is 5.02 Å². The number of nitrogens with one attached hydrogen (secondary N) is 3. The van der Waals surface area contributed by atoms with Crippen molar-refractivity contribution in [1.29, 1.82) is 0 Å².